The number of fused-ring (bicyclic) bond motifs is 1. The minimum atomic E-state index is -0.0385. The number of hydrogen-bond acceptors (Lipinski definition) is 4. The summed E-state index contributed by atoms with van der Waals surface area (Å²) in [5.74, 6) is 0.853. The van der Waals surface area contributed by atoms with Gasteiger partial charge >= 0.3 is 0 Å². The highest BCUT2D eigenvalue weighted by Crippen LogP contribution is 2.20. The fraction of sp³-hybridized carbons (Fsp3) is 0.276. The van der Waals surface area contributed by atoms with E-state index in [1.54, 1.807) is 29.9 Å². The van der Waals surface area contributed by atoms with Gasteiger partial charge in [0, 0.05) is 50.4 Å². The summed E-state index contributed by atoms with van der Waals surface area (Å²) in [6.07, 6.45) is 5.42. The number of nitrogens with zero attached hydrogens (tertiary/aromatic N) is 3. The van der Waals surface area contributed by atoms with Gasteiger partial charge in [-0.2, -0.15) is 0 Å². The first kappa shape index (κ1) is 24.2. The van der Waals surface area contributed by atoms with Crippen molar-refractivity contribution in [3.8, 4) is 5.75 Å². The first-order valence-corrected chi connectivity index (χ1v) is 11.9. The highest BCUT2D eigenvalue weighted by atomic mass is 16.5. The van der Waals surface area contributed by atoms with Crippen LogP contribution in [-0.2, 0) is 24.8 Å². The van der Waals surface area contributed by atoms with Gasteiger partial charge in [0.2, 0.25) is 5.91 Å². The highest BCUT2D eigenvalue weighted by molar-refractivity contribution is 5.80. The lowest BCUT2D eigenvalue weighted by Gasteiger charge is -2.24. The smallest absolute Gasteiger partial charge is 0.250 e. The molecule has 0 aliphatic carbocycles. The summed E-state index contributed by atoms with van der Waals surface area (Å²) in [5.41, 5.74) is 4.29. The predicted octanol–water partition coefficient (Wildman–Crippen LogP) is 4.67. The van der Waals surface area contributed by atoms with Crippen LogP contribution in [0.15, 0.2) is 83.9 Å². The molecule has 4 rings (SSSR count). The molecule has 0 N–H and O–H groups in total. The van der Waals surface area contributed by atoms with Crippen LogP contribution in [0.25, 0.3) is 10.9 Å². The topological polar surface area (TPSA) is 64.4 Å². The molecule has 6 heteroatoms. The van der Waals surface area contributed by atoms with Gasteiger partial charge in [-0.3, -0.25) is 14.6 Å². The minimum Gasteiger partial charge on any atom is -0.494 e. The lowest BCUT2D eigenvalue weighted by Crippen LogP contribution is -2.32. The molecule has 0 saturated heterocycles. The number of amides is 1. The Bertz CT molecular complexity index is 1350. The van der Waals surface area contributed by atoms with Gasteiger partial charge in [-0.25, -0.2) is 0 Å². The number of ether oxygens (including phenoxy) is 1. The summed E-state index contributed by atoms with van der Waals surface area (Å²) in [6, 6.07) is 21.2. The van der Waals surface area contributed by atoms with E-state index in [0.717, 1.165) is 34.2 Å². The standard InChI is InChI=1S/C29H31N3O3/c1-22-7-3-4-9-25(22)21-32(17-15-23-8-5-16-30-20-23)29(34)10-6-18-35-26-12-13-27-24(19-26)11-14-28(33)31(27)2/h3-5,7-9,11-14,16,19-20H,6,10,15,17-18,21H2,1-2H3. The van der Waals surface area contributed by atoms with Crippen molar-refractivity contribution in [1.29, 1.82) is 0 Å². The van der Waals surface area contributed by atoms with E-state index >= 15 is 0 Å². The number of carbonyl (C=O) groups is 1. The molecule has 0 saturated carbocycles. The van der Waals surface area contributed by atoms with Crippen molar-refractivity contribution >= 4 is 16.8 Å². The average Bonchev–Trinajstić information content (AvgIpc) is 2.88. The molecule has 2 aromatic carbocycles. The van der Waals surface area contributed by atoms with Crippen LogP contribution in [0.2, 0.25) is 0 Å². The maximum absolute atomic E-state index is 13.2. The maximum atomic E-state index is 13.2. The molecule has 0 aliphatic heterocycles. The van der Waals surface area contributed by atoms with Gasteiger partial charge in [0.05, 0.1) is 12.1 Å². The highest BCUT2D eigenvalue weighted by Gasteiger charge is 2.15. The Morgan fingerprint density at radius 1 is 1.06 bits per heavy atom. The second-order valence-corrected chi connectivity index (χ2v) is 8.76. The van der Waals surface area contributed by atoms with Gasteiger partial charge in [-0.05, 0) is 66.8 Å². The number of benzene rings is 2. The Labute approximate surface area is 205 Å². The number of aryl methyl sites for hydroxylation is 2. The Morgan fingerprint density at radius 2 is 1.91 bits per heavy atom. The first-order valence-electron chi connectivity index (χ1n) is 11.9. The molecule has 0 unspecified atom stereocenters. The van der Waals surface area contributed by atoms with Crippen molar-refractivity contribution in [2.24, 2.45) is 7.05 Å². The molecule has 0 atom stereocenters. The molecule has 180 valence electrons. The third-order valence-electron chi connectivity index (χ3n) is 6.27. The quantitative estimate of drug-likeness (QED) is 0.317. The molecule has 2 heterocycles. The van der Waals surface area contributed by atoms with E-state index in [1.165, 1.54) is 5.56 Å². The van der Waals surface area contributed by atoms with Gasteiger partial charge in [-0.1, -0.05) is 30.3 Å². The SMILES string of the molecule is Cc1ccccc1CN(CCc1cccnc1)C(=O)CCCOc1ccc2c(ccc(=O)n2C)c1. The van der Waals surface area contributed by atoms with Gasteiger partial charge in [0.15, 0.2) is 0 Å². The van der Waals surface area contributed by atoms with Crippen LogP contribution in [0.1, 0.15) is 29.5 Å². The van der Waals surface area contributed by atoms with Crippen LogP contribution < -0.4 is 10.3 Å². The van der Waals surface area contributed by atoms with Gasteiger partial charge in [-0.15, -0.1) is 0 Å². The zero-order valence-corrected chi connectivity index (χ0v) is 20.3. The van der Waals surface area contributed by atoms with Gasteiger partial charge in [0.25, 0.3) is 5.56 Å². The van der Waals surface area contributed by atoms with Crippen LogP contribution in [0, 0.1) is 6.92 Å². The maximum Gasteiger partial charge on any atom is 0.250 e. The fourth-order valence-electron chi connectivity index (χ4n) is 4.12. The Kier molecular flexibility index (Phi) is 7.93. The van der Waals surface area contributed by atoms with E-state index in [4.69, 9.17) is 4.74 Å². The summed E-state index contributed by atoms with van der Waals surface area (Å²) in [6.45, 7) is 3.76. The number of hydrogen-bond donors (Lipinski definition) is 0. The van der Waals surface area contributed by atoms with E-state index in [9.17, 15) is 9.59 Å². The summed E-state index contributed by atoms with van der Waals surface area (Å²) < 4.78 is 7.53. The van der Waals surface area contributed by atoms with Crippen molar-refractivity contribution in [3.05, 3.63) is 106 Å². The van der Waals surface area contributed by atoms with Crippen LogP contribution in [0.4, 0.5) is 0 Å². The molecule has 0 spiro atoms. The minimum absolute atomic E-state index is 0.0385. The van der Waals surface area contributed by atoms with Crippen molar-refractivity contribution in [2.75, 3.05) is 13.2 Å². The van der Waals surface area contributed by atoms with Crippen LogP contribution >= 0.6 is 0 Å². The monoisotopic (exact) mass is 469 g/mol. The van der Waals surface area contributed by atoms with E-state index in [0.29, 0.717) is 32.5 Å². The van der Waals surface area contributed by atoms with Crippen molar-refractivity contribution in [1.82, 2.24) is 14.5 Å². The Morgan fingerprint density at radius 3 is 2.71 bits per heavy atom. The molecule has 1 amide bonds. The first-order chi connectivity index (χ1) is 17.0. The molecule has 6 nitrogen and oxygen atoms in total. The molecule has 4 aromatic rings. The molecule has 0 bridgehead atoms. The summed E-state index contributed by atoms with van der Waals surface area (Å²) in [5, 5.41) is 0.945. The Balaban J connectivity index is 1.35. The summed E-state index contributed by atoms with van der Waals surface area (Å²) in [7, 11) is 1.76. The van der Waals surface area contributed by atoms with Crippen LogP contribution in [0.5, 0.6) is 5.75 Å². The van der Waals surface area contributed by atoms with Crippen LogP contribution in [-0.4, -0.2) is 33.5 Å². The lowest BCUT2D eigenvalue weighted by molar-refractivity contribution is -0.132. The van der Waals surface area contributed by atoms with E-state index in [2.05, 4.69) is 24.0 Å². The summed E-state index contributed by atoms with van der Waals surface area (Å²) in [4.78, 5) is 31.1. The third kappa shape index (κ3) is 6.35. The second kappa shape index (κ2) is 11.5. The normalized spacial score (nSPS) is 10.9. The van der Waals surface area contributed by atoms with Crippen molar-refractivity contribution < 1.29 is 9.53 Å². The van der Waals surface area contributed by atoms with Gasteiger partial charge in [0.1, 0.15) is 5.75 Å². The van der Waals surface area contributed by atoms with E-state index in [-0.39, 0.29) is 11.5 Å². The second-order valence-electron chi connectivity index (χ2n) is 8.76. The van der Waals surface area contributed by atoms with E-state index < -0.39 is 0 Å². The van der Waals surface area contributed by atoms with Gasteiger partial charge < -0.3 is 14.2 Å². The zero-order valence-electron chi connectivity index (χ0n) is 20.3. The predicted molar refractivity (Wildman–Crippen MR) is 138 cm³/mol. The summed E-state index contributed by atoms with van der Waals surface area (Å²) >= 11 is 0. The lowest BCUT2D eigenvalue weighted by atomic mass is 10.1. The van der Waals surface area contributed by atoms with Crippen LogP contribution in [0.3, 0.4) is 0 Å². The largest absolute Gasteiger partial charge is 0.494 e. The molecule has 0 aliphatic rings. The average molecular weight is 470 g/mol. The number of carbonyl (C=O) groups excluding carboxylic acids is 1. The molecular weight excluding hydrogens is 438 g/mol. The number of rotatable bonds is 10. The fourth-order valence-corrected chi connectivity index (χ4v) is 4.12. The molecule has 35 heavy (non-hydrogen) atoms. The molecule has 2 aromatic heterocycles. The molecule has 0 fully saturated rings. The zero-order chi connectivity index (χ0) is 24.6. The number of pyridine rings is 2. The Hall–Kier alpha value is -3.93. The van der Waals surface area contributed by atoms with Crippen molar-refractivity contribution in [2.45, 2.75) is 32.7 Å². The molecular formula is C29H31N3O3. The third-order valence-corrected chi connectivity index (χ3v) is 6.27. The molecule has 0 radical (unpaired) electrons. The van der Waals surface area contributed by atoms with E-state index in [1.807, 2.05) is 53.6 Å². The number of aromatic nitrogens is 2. The van der Waals surface area contributed by atoms with Crippen molar-refractivity contribution in [3.63, 3.8) is 0 Å².